The van der Waals surface area contributed by atoms with E-state index in [1.807, 2.05) is 24.3 Å². The van der Waals surface area contributed by atoms with Crippen molar-refractivity contribution in [3.8, 4) is 11.5 Å². The summed E-state index contributed by atoms with van der Waals surface area (Å²) in [6.45, 7) is 2.13. The maximum atomic E-state index is 12.3. The average molecular weight is 326 g/mol. The fraction of sp³-hybridized carbons (Fsp3) is 0.222. The molecule has 2 N–H and O–H groups in total. The fourth-order valence-corrected chi connectivity index (χ4v) is 2.41. The molecule has 6 nitrogen and oxygen atoms in total. The van der Waals surface area contributed by atoms with Gasteiger partial charge in [0, 0.05) is 18.2 Å². The fourth-order valence-electron chi connectivity index (χ4n) is 2.41. The van der Waals surface area contributed by atoms with Crippen molar-refractivity contribution in [2.45, 2.75) is 13.0 Å². The first-order valence-corrected chi connectivity index (χ1v) is 7.66. The van der Waals surface area contributed by atoms with E-state index in [1.165, 1.54) is 6.92 Å². The molecular weight excluding hydrogens is 308 g/mol. The van der Waals surface area contributed by atoms with E-state index in [-0.39, 0.29) is 17.9 Å². The van der Waals surface area contributed by atoms with Gasteiger partial charge in [-0.05, 0) is 30.3 Å². The molecule has 1 unspecified atom stereocenters. The molecule has 3 rings (SSSR count). The zero-order valence-corrected chi connectivity index (χ0v) is 13.2. The number of hydrogen-bond acceptors (Lipinski definition) is 4. The van der Waals surface area contributed by atoms with Gasteiger partial charge in [0.2, 0.25) is 5.91 Å². The molecule has 0 saturated heterocycles. The number of hydrogen-bond donors (Lipinski definition) is 2. The highest BCUT2D eigenvalue weighted by molar-refractivity contribution is 5.96. The van der Waals surface area contributed by atoms with Gasteiger partial charge in [0.1, 0.15) is 12.7 Å². The third-order valence-corrected chi connectivity index (χ3v) is 3.50. The number of para-hydroxylation sites is 2. The van der Waals surface area contributed by atoms with Crippen LogP contribution in [0.4, 0.5) is 5.69 Å². The Bertz CT molecular complexity index is 760. The monoisotopic (exact) mass is 326 g/mol. The van der Waals surface area contributed by atoms with E-state index in [0.29, 0.717) is 35.9 Å². The second-order valence-electron chi connectivity index (χ2n) is 5.47. The molecule has 6 heteroatoms. The van der Waals surface area contributed by atoms with Gasteiger partial charge < -0.3 is 20.1 Å². The molecule has 0 bridgehead atoms. The average Bonchev–Trinajstić information content (AvgIpc) is 2.59. The summed E-state index contributed by atoms with van der Waals surface area (Å²) in [7, 11) is 0. The second-order valence-corrected chi connectivity index (χ2v) is 5.47. The number of anilines is 1. The van der Waals surface area contributed by atoms with Crippen LogP contribution in [-0.2, 0) is 4.79 Å². The Balaban J connectivity index is 1.57. The third kappa shape index (κ3) is 3.84. The van der Waals surface area contributed by atoms with Crippen LogP contribution in [0.3, 0.4) is 0 Å². The molecule has 0 saturated carbocycles. The lowest BCUT2D eigenvalue weighted by molar-refractivity contribution is -0.114. The second kappa shape index (κ2) is 7.04. The molecule has 0 fully saturated rings. The van der Waals surface area contributed by atoms with Crippen molar-refractivity contribution in [1.29, 1.82) is 0 Å². The van der Waals surface area contributed by atoms with Crippen molar-refractivity contribution in [1.82, 2.24) is 5.32 Å². The van der Waals surface area contributed by atoms with Crippen LogP contribution in [-0.4, -0.2) is 31.1 Å². The molecule has 1 heterocycles. The Morgan fingerprint density at radius 1 is 1.12 bits per heavy atom. The molecule has 0 spiro atoms. The van der Waals surface area contributed by atoms with E-state index >= 15 is 0 Å². The lowest BCUT2D eigenvalue weighted by Crippen LogP contribution is -2.40. The molecule has 1 aliphatic rings. The van der Waals surface area contributed by atoms with Crippen molar-refractivity contribution in [2.24, 2.45) is 0 Å². The Hall–Kier alpha value is -3.02. The molecule has 24 heavy (non-hydrogen) atoms. The van der Waals surface area contributed by atoms with Crippen LogP contribution in [0.1, 0.15) is 17.3 Å². The molecule has 0 aromatic heterocycles. The molecule has 2 aromatic carbocycles. The number of carbonyl (C=O) groups is 2. The molecule has 1 aliphatic heterocycles. The molecule has 2 aromatic rings. The van der Waals surface area contributed by atoms with Crippen LogP contribution >= 0.6 is 0 Å². The summed E-state index contributed by atoms with van der Waals surface area (Å²) < 4.78 is 11.4. The minimum absolute atomic E-state index is 0.182. The number of rotatable bonds is 4. The van der Waals surface area contributed by atoms with Gasteiger partial charge in [0.15, 0.2) is 11.5 Å². The summed E-state index contributed by atoms with van der Waals surface area (Å²) in [6, 6.07) is 14.2. The van der Waals surface area contributed by atoms with Gasteiger partial charge in [-0.2, -0.15) is 0 Å². The number of ether oxygens (including phenoxy) is 2. The predicted octanol–water partition coefficient (Wildman–Crippen LogP) is 2.21. The van der Waals surface area contributed by atoms with Crippen LogP contribution in [0.2, 0.25) is 0 Å². The lowest BCUT2D eigenvalue weighted by Gasteiger charge is -2.26. The highest BCUT2D eigenvalue weighted by Gasteiger charge is 2.21. The normalized spacial score (nSPS) is 15.5. The molecule has 2 amide bonds. The van der Waals surface area contributed by atoms with Crippen LogP contribution in [0, 0.1) is 0 Å². The highest BCUT2D eigenvalue weighted by atomic mass is 16.6. The van der Waals surface area contributed by atoms with E-state index in [4.69, 9.17) is 9.47 Å². The first-order valence-electron chi connectivity index (χ1n) is 7.66. The van der Waals surface area contributed by atoms with Crippen molar-refractivity contribution < 1.29 is 19.1 Å². The van der Waals surface area contributed by atoms with Crippen LogP contribution in [0.25, 0.3) is 0 Å². The molecule has 0 aliphatic carbocycles. The molecule has 0 radical (unpaired) electrons. The highest BCUT2D eigenvalue weighted by Crippen LogP contribution is 2.30. The smallest absolute Gasteiger partial charge is 0.251 e. The van der Waals surface area contributed by atoms with E-state index in [0.717, 1.165) is 0 Å². The van der Waals surface area contributed by atoms with Crippen molar-refractivity contribution in [2.75, 3.05) is 18.5 Å². The summed E-state index contributed by atoms with van der Waals surface area (Å²) in [5.74, 6) is 0.974. The van der Waals surface area contributed by atoms with E-state index in [2.05, 4.69) is 10.6 Å². The van der Waals surface area contributed by atoms with E-state index < -0.39 is 0 Å². The Labute approximate surface area is 139 Å². The van der Waals surface area contributed by atoms with Gasteiger partial charge in [-0.1, -0.05) is 18.2 Å². The number of carbonyl (C=O) groups excluding carboxylic acids is 2. The number of nitrogens with one attached hydrogen (secondary N) is 2. The van der Waals surface area contributed by atoms with E-state index in [9.17, 15) is 9.59 Å². The van der Waals surface area contributed by atoms with Gasteiger partial charge in [-0.3, -0.25) is 9.59 Å². The number of benzene rings is 2. The zero-order valence-electron chi connectivity index (χ0n) is 13.2. The van der Waals surface area contributed by atoms with Crippen LogP contribution in [0.15, 0.2) is 48.5 Å². The maximum Gasteiger partial charge on any atom is 0.251 e. The SMILES string of the molecule is CC(=O)Nc1cccc(C(=O)NCC2COc3ccccc3O2)c1. The van der Waals surface area contributed by atoms with Gasteiger partial charge in [0.05, 0.1) is 6.54 Å². The lowest BCUT2D eigenvalue weighted by atomic mass is 10.2. The van der Waals surface area contributed by atoms with E-state index in [1.54, 1.807) is 24.3 Å². The summed E-state index contributed by atoms with van der Waals surface area (Å²) in [5, 5.41) is 5.48. The third-order valence-electron chi connectivity index (χ3n) is 3.50. The van der Waals surface area contributed by atoms with Crippen LogP contribution in [0.5, 0.6) is 11.5 Å². The topological polar surface area (TPSA) is 76.7 Å². The van der Waals surface area contributed by atoms with Crippen LogP contribution < -0.4 is 20.1 Å². The largest absolute Gasteiger partial charge is 0.486 e. The summed E-state index contributed by atoms with van der Waals surface area (Å²) in [6.07, 6.45) is -0.248. The summed E-state index contributed by atoms with van der Waals surface area (Å²) in [4.78, 5) is 23.3. The summed E-state index contributed by atoms with van der Waals surface area (Å²) >= 11 is 0. The Morgan fingerprint density at radius 3 is 2.71 bits per heavy atom. The van der Waals surface area contributed by atoms with Gasteiger partial charge in [0.25, 0.3) is 5.91 Å². The molecular formula is C18H18N2O4. The van der Waals surface area contributed by atoms with Crippen molar-refractivity contribution in [3.05, 3.63) is 54.1 Å². The Morgan fingerprint density at radius 2 is 1.92 bits per heavy atom. The zero-order chi connectivity index (χ0) is 16.9. The quantitative estimate of drug-likeness (QED) is 0.903. The minimum atomic E-state index is -0.248. The first kappa shape index (κ1) is 15.9. The number of amides is 2. The standard InChI is InChI=1S/C18H18N2O4/c1-12(21)20-14-6-4-5-13(9-14)18(22)19-10-15-11-23-16-7-2-3-8-17(16)24-15/h2-9,15H,10-11H2,1H3,(H,19,22)(H,20,21). The minimum Gasteiger partial charge on any atom is -0.486 e. The summed E-state index contributed by atoms with van der Waals surface area (Å²) in [5.41, 5.74) is 1.06. The van der Waals surface area contributed by atoms with Gasteiger partial charge in [-0.15, -0.1) is 0 Å². The number of fused-ring (bicyclic) bond motifs is 1. The Kier molecular flexibility index (Phi) is 4.65. The predicted molar refractivity (Wildman–Crippen MR) is 89.4 cm³/mol. The maximum absolute atomic E-state index is 12.3. The van der Waals surface area contributed by atoms with Crippen molar-refractivity contribution >= 4 is 17.5 Å². The van der Waals surface area contributed by atoms with Gasteiger partial charge in [-0.25, -0.2) is 0 Å². The molecule has 1 atom stereocenters. The van der Waals surface area contributed by atoms with Gasteiger partial charge >= 0.3 is 0 Å². The molecule has 124 valence electrons. The first-order chi connectivity index (χ1) is 11.6. The van der Waals surface area contributed by atoms with Crippen molar-refractivity contribution in [3.63, 3.8) is 0 Å².